The van der Waals surface area contributed by atoms with Crippen LogP contribution >= 0.6 is 0 Å². The van der Waals surface area contributed by atoms with E-state index >= 15 is 0 Å². The number of esters is 3. The third-order valence-corrected chi connectivity index (χ3v) is 6.04. The van der Waals surface area contributed by atoms with Crippen LogP contribution in [0.1, 0.15) is 39.1 Å². The van der Waals surface area contributed by atoms with E-state index in [1.807, 2.05) is 6.07 Å². The van der Waals surface area contributed by atoms with Crippen LogP contribution in [-0.4, -0.2) is 68.8 Å². The van der Waals surface area contributed by atoms with E-state index in [0.29, 0.717) is 48.5 Å². The smallest absolute Gasteiger partial charge is 0.338 e. The second-order valence-electron chi connectivity index (χ2n) is 8.62. The SMILES string of the molecule is C=CC(=O)OCCCCOc1ccc(C(=O)O[C@H]2CO[C@H]3[C@@H]2OC[C@H]3OC(=O)c2ccc(C#N)cc2)cc1. The molecule has 0 bridgehead atoms. The minimum atomic E-state index is -0.641. The number of carbonyl (C=O) groups is 3. The van der Waals surface area contributed by atoms with Crippen molar-refractivity contribution >= 4 is 17.9 Å². The maximum atomic E-state index is 12.7. The average molecular weight is 522 g/mol. The Morgan fingerprint density at radius 2 is 1.39 bits per heavy atom. The molecule has 10 nitrogen and oxygen atoms in total. The highest BCUT2D eigenvalue weighted by atomic mass is 16.7. The lowest BCUT2D eigenvalue weighted by atomic mass is 10.1. The van der Waals surface area contributed by atoms with Crippen molar-refractivity contribution in [3.05, 3.63) is 77.9 Å². The van der Waals surface area contributed by atoms with Crippen molar-refractivity contribution < 1.29 is 42.8 Å². The van der Waals surface area contributed by atoms with Gasteiger partial charge in [-0.25, -0.2) is 14.4 Å². The first-order chi connectivity index (χ1) is 18.5. The fourth-order valence-electron chi connectivity index (χ4n) is 4.04. The van der Waals surface area contributed by atoms with E-state index in [1.165, 1.54) is 24.3 Å². The van der Waals surface area contributed by atoms with E-state index in [1.54, 1.807) is 24.3 Å². The molecule has 0 radical (unpaired) electrons. The molecule has 2 aromatic carbocycles. The van der Waals surface area contributed by atoms with Gasteiger partial charge in [-0.05, 0) is 61.4 Å². The summed E-state index contributed by atoms with van der Waals surface area (Å²) < 4.78 is 33.2. The summed E-state index contributed by atoms with van der Waals surface area (Å²) in [5.74, 6) is -0.932. The summed E-state index contributed by atoms with van der Waals surface area (Å²) in [5, 5.41) is 8.89. The first-order valence-corrected chi connectivity index (χ1v) is 12.2. The van der Waals surface area contributed by atoms with Gasteiger partial charge in [-0.2, -0.15) is 5.26 Å². The molecule has 0 amide bonds. The first-order valence-electron chi connectivity index (χ1n) is 12.2. The molecule has 0 aliphatic carbocycles. The molecule has 198 valence electrons. The summed E-state index contributed by atoms with van der Waals surface area (Å²) >= 11 is 0. The van der Waals surface area contributed by atoms with Crippen LogP contribution in [0.2, 0.25) is 0 Å². The number of hydrogen-bond acceptors (Lipinski definition) is 10. The molecule has 0 aromatic heterocycles. The van der Waals surface area contributed by atoms with E-state index < -0.39 is 42.3 Å². The monoisotopic (exact) mass is 521 g/mol. The van der Waals surface area contributed by atoms with Gasteiger partial charge >= 0.3 is 17.9 Å². The molecular formula is C28H27NO9. The Bertz CT molecular complexity index is 1190. The Balaban J connectivity index is 1.21. The topological polar surface area (TPSA) is 130 Å². The summed E-state index contributed by atoms with van der Waals surface area (Å²) in [7, 11) is 0. The van der Waals surface area contributed by atoms with Crippen molar-refractivity contribution in [2.45, 2.75) is 37.3 Å². The fraction of sp³-hybridized carbons (Fsp3) is 0.357. The van der Waals surface area contributed by atoms with Crippen LogP contribution in [-0.2, 0) is 28.5 Å². The van der Waals surface area contributed by atoms with Crippen molar-refractivity contribution in [1.29, 1.82) is 5.26 Å². The molecular weight excluding hydrogens is 494 g/mol. The molecule has 38 heavy (non-hydrogen) atoms. The zero-order chi connectivity index (χ0) is 26.9. The fourth-order valence-corrected chi connectivity index (χ4v) is 4.04. The highest BCUT2D eigenvalue weighted by Gasteiger charge is 2.51. The Hall–Kier alpha value is -4.20. The lowest BCUT2D eigenvalue weighted by Gasteiger charge is -2.17. The normalized spacial score (nSPS) is 21.6. The number of unbranched alkanes of at least 4 members (excludes halogenated alkanes) is 1. The second kappa shape index (κ2) is 12.9. The van der Waals surface area contributed by atoms with Gasteiger partial charge in [0.05, 0.1) is 49.2 Å². The second-order valence-corrected chi connectivity index (χ2v) is 8.62. The highest BCUT2D eigenvalue weighted by molar-refractivity contribution is 5.90. The third-order valence-electron chi connectivity index (χ3n) is 6.04. The Kier molecular flexibility index (Phi) is 9.08. The predicted molar refractivity (Wildman–Crippen MR) is 131 cm³/mol. The zero-order valence-electron chi connectivity index (χ0n) is 20.6. The van der Waals surface area contributed by atoms with Gasteiger partial charge in [-0.3, -0.25) is 0 Å². The van der Waals surface area contributed by atoms with Crippen LogP contribution in [0.15, 0.2) is 61.2 Å². The standard InChI is InChI=1S/C28H27NO9/c1-2-24(30)34-14-4-3-13-33-21-11-9-20(10-12-21)28(32)38-23-17-36-25-22(16-35-26(23)25)37-27(31)19-7-5-18(15-29)6-8-19/h2,5-12,22-23,25-26H,1,3-4,13-14,16-17H2/t22-,23+,25-,26-/m1/s1. The minimum Gasteiger partial charge on any atom is -0.494 e. The van der Waals surface area contributed by atoms with E-state index in [2.05, 4.69) is 6.58 Å². The van der Waals surface area contributed by atoms with Crippen LogP contribution < -0.4 is 4.74 Å². The summed E-state index contributed by atoms with van der Waals surface area (Å²) in [6.45, 7) is 4.31. The van der Waals surface area contributed by atoms with Gasteiger partial charge in [0.2, 0.25) is 0 Å². The van der Waals surface area contributed by atoms with Crippen LogP contribution in [0.4, 0.5) is 0 Å². The number of fused-ring (bicyclic) bond motifs is 1. The van der Waals surface area contributed by atoms with Crippen molar-refractivity contribution in [3.63, 3.8) is 0 Å². The van der Waals surface area contributed by atoms with Crippen molar-refractivity contribution in [2.24, 2.45) is 0 Å². The third kappa shape index (κ3) is 6.76. The number of carbonyl (C=O) groups excluding carboxylic acids is 3. The number of ether oxygens (including phenoxy) is 6. The van der Waals surface area contributed by atoms with Gasteiger partial charge in [0.25, 0.3) is 0 Å². The quantitative estimate of drug-likeness (QED) is 0.188. The summed E-state index contributed by atoms with van der Waals surface area (Å²) in [5.41, 5.74) is 1.10. The van der Waals surface area contributed by atoms with Crippen LogP contribution in [0, 0.1) is 11.3 Å². The van der Waals surface area contributed by atoms with Gasteiger partial charge in [-0.15, -0.1) is 0 Å². The van der Waals surface area contributed by atoms with Crippen LogP contribution in [0.25, 0.3) is 0 Å². The average Bonchev–Trinajstić information content (AvgIpc) is 3.53. The maximum Gasteiger partial charge on any atom is 0.338 e. The molecule has 10 heteroatoms. The number of nitriles is 1. The molecule has 2 aliphatic heterocycles. The summed E-state index contributed by atoms with van der Waals surface area (Å²) in [6.07, 6.45) is 0.0952. The van der Waals surface area contributed by atoms with Gasteiger partial charge in [0, 0.05) is 6.08 Å². The van der Waals surface area contributed by atoms with Crippen LogP contribution in [0.3, 0.4) is 0 Å². The molecule has 2 aliphatic rings. The zero-order valence-corrected chi connectivity index (χ0v) is 20.6. The molecule has 0 spiro atoms. The Labute approximate surface area is 219 Å². The van der Waals surface area contributed by atoms with E-state index in [-0.39, 0.29) is 13.2 Å². The predicted octanol–water partition coefficient (Wildman–Crippen LogP) is 3.00. The van der Waals surface area contributed by atoms with Gasteiger partial charge in [0.1, 0.15) is 18.0 Å². The van der Waals surface area contributed by atoms with Gasteiger partial charge < -0.3 is 28.4 Å². The Morgan fingerprint density at radius 3 is 1.92 bits per heavy atom. The number of nitrogens with zero attached hydrogens (tertiary/aromatic N) is 1. The van der Waals surface area contributed by atoms with Gasteiger partial charge in [0.15, 0.2) is 12.2 Å². The summed E-state index contributed by atoms with van der Waals surface area (Å²) in [4.78, 5) is 36.1. The van der Waals surface area contributed by atoms with E-state index in [0.717, 1.165) is 6.08 Å². The van der Waals surface area contributed by atoms with Crippen molar-refractivity contribution in [2.75, 3.05) is 26.4 Å². The molecule has 2 heterocycles. The molecule has 2 fully saturated rings. The van der Waals surface area contributed by atoms with Crippen LogP contribution in [0.5, 0.6) is 5.75 Å². The highest BCUT2D eigenvalue weighted by Crippen LogP contribution is 2.31. The maximum absolute atomic E-state index is 12.7. The van der Waals surface area contributed by atoms with E-state index in [4.69, 9.17) is 33.7 Å². The summed E-state index contributed by atoms with van der Waals surface area (Å²) in [6, 6.07) is 14.7. The number of rotatable bonds is 11. The largest absolute Gasteiger partial charge is 0.494 e. The molecule has 0 saturated carbocycles. The molecule has 0 unspecified atom stereocenters. The van der Waals surface area contributed by atoms with Crippen molar-refractivity contribution in [3.8, 4) is 11.8 Å². The molecule has 2 aromatic rings. The molecule has 4 rings (SSSR count). The molecule has 0 N–H and O–H groups in total. The number of hydrogen-bond donors (Lipinski definition) is 0. The lowest BCUT2D eigenvalue weighted by molar-refractivity contribution is -0.137. The Morgan fingerprint density at radius 1 is 0.868 bits per heavy atom. The first kappa shape index (κ1) is 26.9. The minimum absolute atomic E-state index is 0.119. The number of benzene rings is 2. The molecule has 4 atom stereocenters. The molecule has 2 saturated heterocycles. The van der Waals surface area contributed by atoms with E-state index in [9.17, 15) is 14.4 Å². The van der Waals surface area contributed by atoms with Crippen molar-refractivity contribution in [1.82, 2.24) is 0 Å². The lowest BCUT2D eigenvalue weighted by Crippen LogP contribution is -2.36. The van der Waals surface area contributed by atoms with Gasteiger partial charge in [-0.1, -0.05) is 6.58 Å².